The molecule has 1 aromatic carbocycles. The Balaban J connectivity index is 1.62. The number of benzene rings is 1. The third-order valence-electron chi connectivity index (χ3n) is 3.24. The maximum Gasteiger partial charge on any atom is 0.471 e. The number of fused-ring (bicyclic) bond motifs is 1. The Morgan fingerprint density at radius 2 is 1.90 bits per heavy atom. The number of carbonyl (C=O) groups is 1. The Labute approximate surface area is 118 Å². The predicted octanol–water partition coefficient (Wildman–Crippen LogP) is 2.39. The highest BCUT2D eigenvalue weighted by molar-refractivity contribution is 5.82. The van der Waals surface area contributed by atoms with Crippen LogP contribution in [0.25, 0.3) is 10.9 Å². The van der Waals surface area contributed by atoms with E-state index in [0.29, 0.717) is 10.8 Å². The molecule has 0 atom stereocenters. The predicted molar refractivity (Wildman–Crippen MR) is 68.8 cm³/mol. The minimum Gasteiger partial charge on any atom is -0.471 e. The van der Waals surface area contributed by atoms with Crippen LogP contribution in [-0.4, -0.2) is 41.2 Å². The van der Waals surface area contributed by atoms with E-state index in [2.05, 4.69) is 4.98 Å². The number of para-hydroxylation sites is 1. The van der Waals surface area contributed by atoms with Crippen LogP contribution in [0.2, 0.25) is 0 Å². The van der Waals surface area contributed by atoms with E-state index in [1.807, 2.05) is 30.3 Å². The number of aromatic nitrogens is 1. The van der Waals surface area contributed by atoms with E-state index < -0.39 is 18.2 Å². The van der Waals surface area contributed by atoms with Gasteiger partial charge in [0.1, 0.15) is 6.10 Å². The Bertz CT molecular complexity index is 681. The van der Waals surface area contributed by atoms with Gasteiger partial charge in [-0.05, 0) is 12.1 Å². The molecule has 1 aliphatic rings. The number of rotatable bonds is 2. The van der Waals surface area contributed by atoms with Gasteiger partial charge in [0.25, 0.3) is 0 Å². The van der Waals surface area contributed by atoms with Crippen LogP contribution in [0.4, 0.5) is 13.2 Å². The summed E-state index contributed by atoms with van der Waals surface area (Å²) in [5.41, 5.74) is 0.748. The summed E-state index contributed by atoms with van der Waals surface area (Å²) in [5, 5.41) is 0.951. The number of alkyl halides is 3. The van der Waals surface area contributed by atoms with Crippen molar-refractivity contribution in [2.45, 2.75) is 12.3 Å². The summed E-state index contributed by atoms with van der Waals surface area (Å²) in [6.45, 7) is -0.153. The lowest BCUT2D eigenvalue weighted by atomic mass is 10.1. The van der Waals surface area contributed by atoms with Crippen LogP contribution in [0.3, 0.4) is 0 Å². The van der Waals surface area contributed by atoms with Crippen molar-refractivity contribution in [3.8, 4) is 5.88 Å². The molecular formula is C14H11F3N2O2. The van der Waals surface area contributed by atoms with Gasteiger partial charge in [-0.15, -0.1) is 0 Å². The van der Waals surface area contributed by atoms with Crippen molar-refractivity contribution in [1.29, 1.82) is 0 Å². The monoisotopic (exact) mass is 296 g/mol. The van der Waals surface area contributed by atoms with Gasteiger partial charge >= 0.3 is 12.1 Å². The molecule has 21 heavy (non-hydrogen) atoms. The quantitative estimate of drug-likeness (QED) is 0.854. The first kappa shape index (κ1) is 13.7. The average Bonchev–Trinajstić information content (AvgIpc) is 2.40. The van der Waals surface area contributed by atoms with Gasteiger partial charge < -0.3 is 9.64 Å². The molecule has 0 saturated carbocycles. The largest absolute Gasteiger partial charge is 0.471 e. The lowest BCUT2D eigenvalue weighted by Gasteiger charge is -2.38. The average molecular weight is 296 g/mol. The van der Waals surface area contributed by atoms with Gasteiger partial charge in [-0.2, -0.15) is 13.2 Å². The van der Waals surface area contributed by atoms with E-state index in [-0.39, 0.29) is 13.1 Å². The van der Waals surface area contributed by atoms with Gasteiger partial charge in [-0.3, -0.25) is 4.79 Å². The number of pyridine rings is 1. The first-order chi connectivity index (χ1) is 9.93. The lowest BCUT2D eigenvalue weighted by Crippen LogP contribution is -2.59. The maximum absolute atomic E-state index is 12.2. The molecule has 0 spiro atoms. The van der Waals surface area contributed by atoms with Gasteiger partial charge in [0.2, 0.25) is 5.88 Å². The van der Waals surface area contributed by atoms with Crippen LogP contribution in [0.1, 0.15) is 0 Å². The number of ether oxygens (including phenoxy) is 1. The molecule has 0 unspecified atom stereocenters. The van der Waals surface area contributed by atoms with Crippen molar-refractivity contribution in [3.05, 3.63) is 36.4 Å². The molecule has 0 aliphatic carbocycles. The molecule has 2 aromatic rings. The van der Waals surface area contributed by atoms with Crippen LogP contribution in [-0.2, 0) is 4.79 Å². The Morgan fingerprint density at radius 1 is 1.19 bits per heavy atom. The number of hydrogen-bond acceptors (Lipinski definition) is 3. The molecule has 0 N–H and O–H groups in total. The van der Waals surface area contributed by atoms with Crippen molar-refractivity contribution < 1.29 is 22.7 Å². The molecule has 2 heterocycles. The molecule has 1 saturated heterocycles. The summed E-state index contributed by atoms with van der Waals surface area (Å²) in [6, 6.07) is 10.9. The standard InChI is InChI=1S/C14H11F3N2O2/c15-14(16,17)13(20)19-7-10(8-19)21-12-6-5-9-3-1-2-4-11(9)18-12/h1-6,10H,7-8H2. The molecule has 110 valence electrons. The van der Waals surface area contributed by atoms with Crippen molar-refractivity contribution in [2.75, 3.05) is 13.1 Å². The number of carbonyl (C=O) groups excluding carboxylic acids is 1. The summed E-state index contributed by atoms with van der Waals surface area (Å²) in [5.74, 6) is -1.48. The van der Waals surface area contributed by atoms with E-state index in [4.69, 9.17) is 4.74 Å². The number of hydrogen-bond donors (Lipinski definition) is 0. The zero-order valence-corrected chi connectivity index (χ0v) is 10.8. The fourth-order valence-corrected chi connectivity index (χ4v) is 2.14. The molecule has 0 radical (unpaired) electrons. The van der Waals surface area contributed by atoms with E-state index in [0.717, 1.165) is 10.9 Å². The topological polar surface area (TPSA) is 42.4 Å². The smallest absolute Gasteiger partial charge is 0.471 e. The zero-order valence-electron chi connectivity index (χ0n) is 10.8. The van der Waals surface area contributed by atoms with Crippen LogP contribution in [0, 0.1) is 0 Å². The maximum atomic E-state index is 12.2. The van der Waals surface area contributed by atoms with Gasteiger partial charge in [0.05, 0.1) is 18.6 Å². The summed E-state index contributed by atoms with van der Waals surface area (Å²) in [4.78, 5) is 15.9. The Kier molecular flexibility index (Phi) is 3.19. The highest BCUT2D eigenvalue weighted by Crippen LogP contribution is 2.24. The van der Waals surface area contributed by atoms with E-state index in [1.165, 1.54) is 0 Å². The summed E-state index contributed by atoms with van der Waals surface area (Å²) >= 11 is 0. The second-order valence-electron chi connectivity index (χ2n) is 4.79. The van der Waals surface area contributed by atoms with Crippen molar-refractivity contribution >= 4 is 16.8 Å². The molecule has 1 aromatic heterocycles. The molecule has 3 rings (SSSR count). The van der Waals surface area contributed by atoms with E-state index in [9.17, 15) is 18.0 Å². The van der Waals surface area contributed by atoms with Gasteiger partial charge in [0, 0.05) is 11.5 Å². The second kappa shape index (κ2) is 4.91. The molecule has 4 nitrogen and oxygen atoms in total. The third kappa shape index (κ3) is 2.76. The third-order valence-corrected chi connectivity index (χ3v) is 3.24. The molecule has 7 heteroatoms. The molecular weight excluding hydrogens is 285 g/mol. The van der Waals surface area contributed by atoms with Gasteiger partial charge in [0.15, 0.2) is 0 Å². The van der Waals surface area contributed by atoms with Crippen LogP contribution < -0.4 is 4.74 Å². The highest BCUT2D eigenvalue weighted by Gasteiger charge is 2.47. The SMILES string of the molecule is O=C(N1CC(Oc2ccc3ccccc3n2)C1)C(F)(F)F. The molecule has 1 aliphatic heterocycles. The molecule has 0 bridgehead atoms. The Hall–Kier alpha value is -2.31. The summed E-state index contributed by atoms with van der Waals surface area (Å²) < 4.78 is 42.1. The number of nitrogens with zero attached hydrogens (tertiary/aromatic N) is 2. The van der Waals surface area contributed by atoms with Crippen LogP contribution in [0.5, 0.6) is 5.88 Å². The van der Waals surface area contributed by atoms with Crippen LogP contribution >= 0.6 is 0 Å². The van der Waals surface area contributed by atoms with Crippen molar-refractivity contribution in [2.24, 2.45) is 0 Å². The number of amides is 1. The van der Waals surface area contributed by atoms with E-state index in [1.54, 1.807) is 6.07 Å². The lowest BCUT2D eigenvalue weighted by molar-refractivity contribution is -0.193. The summed E-state index contributed by atoms with van der Waals surface area (Å²) in [7, 11) is 0. The zero-order chi connectivity index (χ0) is 15.0. The van der Waals surface area contributed by atoms with Crippen LogP contribution in [0.15, 0.2) is 36.4 Å². The highest BCUT2D eigenvalue weighted by atomic mass is 19.4. The molecule has 1 fully saturated rings. The second-order valence-corrected chi connectivity index (χ2v) is 4.79. The number of likely N-dealkylation sites (tertiary alicyclic amines) is 1. The van der Waals surface area contributed by atoms with Gasteiger partial charge in [-0.1, -0.05) is 18.2 Å². The Morgan fingerprint density at radius 3 is 2.62 bits per heavy atom. The van der Waals surface area contributed by atoms with Gasteiger partial charge in [-0.25, -0.2) is 4.98 Å². The molecule has 1 amide bonds. The van der Waals surface area contributed by atoms with Crippen molar-refractivity contribution in [3.63, 3.8) is 0 Å². The fourth-order valence-electron chi connectivity index (χ4n) is 2.14. The summed E-state index contributed by atoms with van der Waals surface area (Å²) in [6.07, 6.45) is -5.28. The minimum absolute atomic E-state index is 0.0765. The minimum atomic E-state index is -4.83. The van der Waals surface area contributed by atoms with E-state index >= 15 is 0 Å². The first-order valence-electron chi connectivity index (χ1n) is 6.32. The van der Waals surface area contributed by atoms with Crippen molar-refractivity contribution in [1.82, 2.24) is 9.88 Å². The number of halogens is 3. The fraction of sp³-hybridized carbons (Fsp3) is 0.286. The first-order valence-corrected chi connectivity index (χ1v) is 6.32. The normalized spacial score (nSPS) is 15.9.